The van der Waals surface area contributed by atoms with Gasteiger partial charge in [0.15, 0.2) is 0 Å². The Morgan fingerprint density at radius 1 is 1.16 bits per heavy atom. The van der Waals surface area contributed by atoms with Gasteiger partial charge in [-0.25, -0.2) is 0 Å². The summed E-state index contributed by atoms with van der Waals surface area (Å²) in [6.45, 7) is 2.87. The minimum atomic E-state index is -0.280. The fraction of sp³-hybridized carbons (Fsp3) is 0.222. The molecule has 0 fully saturated rings. The summed E-state index contributed by atoms with van der Waals surface area (Å²) in [6.07, 6.45) is 3.60. The molecule has 7 nitrogen and oxygen atoms in total. The summed E-state index contributed by atoms with van der Waals surface area (Å²) in [5.41, 5.74) is 1.51. The van der Waals surface area contributed by atoms with Crippen LogP contribution in [-0.2, 0) is 13.6 Å². The maximum Gasteiger partial charge on any atom is 0.274 e. The lowest BCUT2D eigenvalue weighted by Crippen LogP contribution is -2.33. The molecule has 128 valence electrons. The molecule has 0 spiro atoms. The second kappa shape index (κ2) is 7.12. The lowest BCUT2D eigenvalue weighted by Gasteiger charge is -2.20. The van der Waals surface area contributed by atoms with Crippen molar-refractivity contribution in [3.63, 3.8) is 0 Å². The number of hydrogen-bond donors (Lipinski definition) is 0. The Kier molecular flexibility index (Phi) is 4.74. The highest BCUT2D eigenvalue weighted by atomic mass is 16.2. The van der Waals surface area contributed by atoms with Crippen LogP contribution in [0.4, 0.5) is 0 Å². The van der Waals surface area contributed by atoms with Crippen molar-refractivity contribution in [3.05, 3.63) is 76.5 Å². The van der Waals surface area contributed by atoms with Crippen LogP contribution in [0.15, 0.2) is 59.7 Å². The molecule has 0 saturated heterocycles. The van der Waals surface area contributed by atoms with Crippen LogP contribution in [0.3, 0.4) is 0 Å². The summed E-state index contributed by atoms with van der Waals surface area (Å²) < 4.78 is 2.94. The fourth-order valence-electron chi connectivity index (χ4n) is 2.54. The molecule has 7 heteroatoms. The molecule has 0 radical (unpaired) electrons. The van der Waals surface area contributed by atoms with Gasteiger partial charge in [-0.15, -0.1) is 0 Å². The fourth-order valence-corrected chi connectivity index (χ4v) is 2.54. The van der Waals surface area contributed by atoms with Crippen LogP contribution in [0.1, 0.15) is 23.0 Å². The molecule has 0 bridgehead atoms. The van der Waals surface area contributed by atoms with Gasteiger partial charge in [0.25, 0.3) is 11.5 Å². The van der Waals surface area contributed by atoms with Gasteiger partial charge < -0.3 is 4.90 Å². The van der Waals surface area contributed by atoms with Crippen LogP contribution in [0.2, 0.25) is 0 Å². The van der Waals surface area contributed by atoms with Crippen molar-refractivity contribution in [1.82, 2.24) is 24.5 Å². The van der Waals surface area contributed by atoms with Gasteiger partial charge in [0.2, 0.25) is 0 Å². The average molecular weight is 337 g/mol. The zero-order chi connectivity index (χ0) is 17.8. The Morgan fingerprint density at radius 3 is 2.56 bits per heavy atom. The average Bonchev–Trinajstić information content (AvgIpc) is 3.05. The maximum atomic E-state index is 12.8. The largest absolute Gasteiger partial charge is 0.333 e. The van der Waals surface area contributed by atoms with Gasteiger partial charge in [0.05, 0.1) is 11.9 Å². The van der Waals surface area contributed by atoms with E-state index in [1.807, 2.05) is 38.4 Å². The van der Waals surface area contributed by atoms with Crippen LogP contribution in [0, 0.1) is 0 Å². The third kappa shape index (κ3) is 3.65. The Hall–Kier alpha value is -3.22. The normalized spacial score (nSPS) is 10.6. The van der Waals surface area contributed by atoms with Crippen molar-refractivity contribution in [2.75, 3.05) is 6.54 Å². The summed E-state index contributed by atoms with van der Waals surface area (Å²) in [7, 11) is 1.83. The Morgan fingerprint density at radius 2 is 1.92 bits per heavy atom. The van der Waals surface area contributed by atoms with E-state index in [4.69, 9.17) is 0 Å². The van der Waals surface area contributed by atoms with E-state index in [0.29, 0.717) is 18.8 Å². The van der Waals surface area contributed by atoms with Crippen LogP contribution < -0.4 is 5.56 Å². The SMILES string of the molecule is CCN(Cc1cnn(C)c1)C(=O)c1ccc(=O)n(-c2ccccc2)n1. The van der Waals surface area contributed by atoms with E-state index >= 15 is 0 Å². The summed E-state index contributed by atoms with van der Waals surface area (Å²) in [5.74, 6) is -0.226. The molecule has 0 atom stereocenters. The highest BCUT2D eigenvalue weighted by Crippen LogP contribution is 2.08. The molecule has 0 aliphatic heterocycles. The standard InChI is InChI=1S/C18H19N5O2/c1-3-22(13-14-11-19-21(2)12-14)18(25)16-9-10-17(24)23(20-16)15-7-5-4-6-8-15/h4-12H,3,13H2,1-2H3. The second-order valence-electron chi connectivity index (χ2n) is 5.65. The summed E-state index contributed by atoms with van der Waals surface area (Å²) in [4.78, 5) is 26.6. The van der Waals surface area contributed by atoms with Gasteiger partial charge >= 0.3 is 0 Å². The first-order chi connectivity index (χ1) is 12.1. The number of amides is 1. The molecular formula is C18H19N5O2. The first-order valence-electron chi connectivity index (χ1n) is 8.01. The third-order valence-corrected chi connectivity index (χ3v) is 3.82. The topological polar surface area (TPSA) is 73.0 Å². The van der Waals surface area contributed by atoms with Crippen molar-refractivity contribution >= 4 is 5.91 Å². The monoisotopic (exact) mass is 337 g/mol. The van der Waals surface area contributed by atoms with Crippen molar-refractivity contribution < 1.29 is 4.79 Å². The summed E-state index contributed by atoms with van der Waals surface area (Å²) in [6, 6.07) is 11.9. The van der Waals surface area contributed by atoms with Crippen LogP contribution in [0.25, 0.3) is 5.69 Å². The number of carbonyl (C=O) groups excluding carboxylic acids is 1. The molecule has 3 aromatic rings. The molecule has 3 rings (SSSR count). The molecule has 2 aromatic heterocycles. The zero-order valence-corrected chi connectivity index (χ0v) is 14.2. The minimum Gasteiger partial charge on any atom is -0.333 e. The predicted octanol–water partition coefficient (Wildman–Crippen LogP) is 1.63. The maximum absolute atomic E-state index is 12.8. The molecule has 2 heterocycles. The Labute approximate surface area is 145 Å². The van der Waals surface area contributed by atoms with E-state index in [1.165, 1.54) is 16.8 Å². The molecule has 0 aliphatic carbocycles. The van der Waals surface area contributed by atoms with Gasteiger partial charge in [-0.2, -0.15) is 14.9 Å². The van der Waals surface area contributed by atoms with Gasteiger partial charge in [-0.05, 0) is 25.1 Å². The predicted molar refractivity (Wildman–Crippen MR) is 93.5 cm³/mol. The third-order valence-electron chi connectivity index (χ3n) is 3.82. The lowest BCUT2D eigenvalue weighted by molar-refractivity contribution is 0.0744. The van der Waals surface area contributed by atoms with Crippen LogP contribution in [-0.4, -0.2) is 36.9 Å². The Balaban J connectivity index is 1.89. The van der Waals surface area contributed by atoms with Crippen molar-refractivity contribution in [2.45, 2.75) is 13.5 Å². The van der Waals surface area contributed by atoms with E-state index in [2.05, 4.69) is 10.2 Å². The molecule has 25 heavy (non-hydrogen) atoms. The first kappa shape index (κ1) is 16.6. The number of para-hydroxylation sites is 1. The number of hydrogen-bond acceptors (Lipinski definition) is 4. The number of aromatic nitrogens is 4. The van der Waals surface area contributed by atoms with E-state index in [9.17, 15) is 9.59 Å². The molecule has 1 amide bonds. The van der Waals surface area contributed by atoms with Crippen LogP contribution >= 0.6 is 0 Å². The molecule has 0 unspecified atom stereocenters. The number of nitrogens with zero attached hydrogens (tertiary/aromatic N) is 5. The summed E-state index contributed by atoms with van der Waals surface area (Å²) >= 11 is 0. The van der Waals surface area contributed by atoms with Gasteiger partial charge in [-0.3, -0.25) is 14.3 Å². The van der Waals surface area contributed by atoms with Gasteiger partial charge in [-0.1, -0.05) is 18.2 Å². The number of carbonyl (C=O) groups is 1. The van der Waals surface area contributed by atoms with E-state index < -0.39 is 0 Å². The molecule has 1 aromatic carbocycles. The minimum absolute atomic E-state index is 0.226. The molecule has 0 saturated carbocycles. The highest BCUT2D eigenvalue weighted by Gasteiger charge is 2.18. The quantitative estimate of drug-likeness (QED) is 0.709. The highest BCUT2D eigenvalue weighted by molar-refractivity contribution is 5.92. The van der Waals surface area contributed by atoms with Gasteiger partial charge in [0.1, 0.15) is 5.69 Å². The van der Waals surface area contributed by atoms with Crippen molar-refractivity contribution in [2.24, 2.45) is 7.05 Å². The molecular weight excluding hydrogens is 318 g/mol. The van der Waals surface area contributed by atoms with Crippen molar-refractivity contribution in [3.8, 4) is 5.69 Å². The van der Waals surface area contributed by atoms with Crippen LogP contribution in [0.5, 0.6) is 0 Å². The summed E-state index contributed by atoms with van der Waals surface area (Å²) in [5, 5.41) is 8.37. The lowest BCUT2D eigenvalue weighted by atomic mass is 10.2. The number of rotatable bonds is 5. The molecule has 0 aliphatic rings. The smallest absolute Gasteiger partial charge is 0.274 e. The Bertz CT molecular complexity index is 930. The number of benzene rings is 1. The van der Waals surface area contributed by atoms with Crippen molar-refractivity contribution in [1.29, 1.82) is 0 Å². The zero-order valence-electron chi connectivity index (χ0n) is 14.2. The van der Waals surface area contributed by atoms with Gasteiger partial charge in [0, 0.05) is 38.0 Å². The second-order valence-corrected chi connectivity index (χ2v) is 5.65. The number of aryl methyl sites for hydroxylation is 1. The first-order valence-corrected chi connectivity index (χ1v) is 8.01. The van der Waals surface area contributed by atoms with E-state index in [0.717, 1.165) is 5.56 Å². The van der Waals surface area contributed by atoms with E-state index in [1.54, 1.807) is 27.9 Å². The van der Waals surface area contributed by atoms with E-state index in [-0.39, 0.29) is 17.2 Å². The molecule has 0 N–H and O–H groups in total.